The molecule has 2 rings (SSSR count). The molecule has 2 amide bonds. The van der Waals surface area contributed by atoms with E-state index in [0.717, 1.165) is 10.6 Å². The average molecular weight is 280 g/mol. The molecule has 0 bridgehead atoms. The molecular formula is C12H13FN4OS. The highest BCUT2D eigenvalue weighted by Crippen LogP contribution is 2.13. The molecule has 0 aliphatic heterocycles. The summed E-state index contributed by atoms with van der Waals surface area (Å²) < 4.78 is 12.9. The molecule has 2 aromatic rings. The minimum absolute atomic E-state index is 0.272. The molecule has 0 saturated heterocycles. The third-order valence-electron chi connectivity index (χ3n) is 2.33. The monoisotopic (exact) mass is 280 g/mol. The Hall–Kier alpha value is -2.02. The van der Waals surface area contributed by atoms with Gasteiger partial charge in [0.1, 0.15) is 10.8 Å². The van der Waals surface area contributed by atoms with Crippen LogP contribution in [0.15, 0.2) is 24.3 Å². The molecular weight excluding hydrogens is 267 g/mol. The van der Waals surface area contributed by atoms with Crippen molar-refractivity contribution in [1.29, 1.82) is 0 Å². The van der Waals surface area contributed by atoms with Gasteiger partial charge in [-0.1, -0.05) is 23.5 Å². The zero-order chi connectivity index (χ0) is 13.7. The van der Waals surface area contributed by atoms with Crippen molar-refractivity contribution >= 4 is 22.5 Å². The second-order valence-electron chi connectivity index (χ2n) is 3.89. The molecule has 5 nitrogen and oxygen atoms in total. The maximum Gasteiger partial charge on any atom is 0.321 e. The number of carbonyl (C=O) groups is 1. The second-order valence-corrected chi connectivity index (χ2v) is 5.07. The summed E-state index contributed by atoms with van der Waals surface area (Å²) in [5, 5.41) is 14.1. The number of hydrogen-bond donors (Lipinski definition) is 2. The molecule has 0 saturated carbocycles. The van der Waals surface area contributed by atoms with Gasteiger partial charge >= 0.3 is 6.03 Å². The van der Waals surface area contributed by atoms with E-state index in [9.17, 15) is 9.18 Å². The van der Waals surface area contributed by atoms with Crippen LogP contribution in [0.4, 0.5) is 14.3 Å². The number of carbonyl (C=O) groups excluding carboxylic acids is 1. The van der Waals surface area contributed by atoms with Gasteiger partial charge in [-0.05, 0) is 31.0 Å². The Bertz CT molecular complexity index is 572. The van der Waals surface area contributed by atoms with Crippen LogP contribution in [0.3, 0.4) is 0 Å². The van der Waals surface area contributed by atoms with Crippen molar-refractivity contribution in [3.63, 3.8) is 0 Å². The van der Waals surface area contributed by atoms with E-state index in [-0.39, 0.29) is 11.8 Å². The lowest BCUT2D eigenvalue weighted by molar-refractivity contribution is 0.252. The van der Waals surface area contributed by atoms with Gasteiger partial charge in [-0.15, -0.1) is 10.2 Å². The van der Waals surface area contributed by atoms with Crippen LogP contribution in [0.25, 0.3) is 0 Å². The van der Waals surface area contributed by atoms with Crippen molar-refractivity contribution in [2.75, 3.05) is 11.9 Å². The molecule has 0 radical (unpaired) electrons. The number of aryl methyl sites for hydroxylation is 1. The zero-order valence-corrected chi connectivity index (χ0v) is 11.1. The normalized spacial score (nSPS) is 10.2. The summed E-state index contributed by atoms with van der Waals surface area (Å²) in [6.07, 6.45) is 0.570. The summed E-state index contributed by atoms with van der Waals surface area (Å²) in [5.74, 6) is -0.272. The van der Waals surface area contributed by atoms with Crippen LogP contribution >= 0.6 is 11.3 Å². The first kappa shape index (κ1) is 13.4. The number of nitrogens with one attached hydrogen (secondary N) is 2. The molecule has 0 aliphatic carbocycles. The van der Waals surface area contributed by atoms with Crippen LogP contribution in [-0.2, 0) is 6.42 Å². The van der Waals surface area contributed by atoms with E-state index in [2.05, 4.69) is 20.8 Å². The number of aromatic nitrogens is 2. The van der Waals surface area contributed by atoms with E-state index >= 15 is 0 Å². The van der Waals surface area contributed by atoms with E-state index in [4.69, 9.17) is 0 Å². The summed E-state index contributed by atoms with van der Waals surface area (Å²) in [7, 11) is 0. The minimum Gasteiger partial charge on any atom is -0.337 e. The molecule has 1 aromatic carbocycles. The van der Waals surface area contributed by atoms with Gasteiger partial charge in [-0.2, -0.15) is 0 Å². The maximum absolute atomic E-state index is 12.9. The van der Waals surface area contributed by atoms with Crippen molar-refractivity contribution in [1.82, 2.24) is 15.5 Å². The summed E-state index contributed by atoms with van der Waals surface area (Å²) in [6.45, 7) is 2.23. The van der Waals surface area contributed by atoms with Crippen LogP contribution < -0.4 is 10.6 Å². The molecule has 2 N–H and O–H groups in total. The minimum atomic E-state index is -0.340. The Labute approximate surface area is 113 Å². The van der Waals surface area contributed by atoms with Gasteiger partial charge in [0, 0.05) is 6.54 Å². The van der Waals surface area contributed by atoms with E-state index < -0.39 is 0 Å². The number of amides is 2. The number of benzene rings is 1. The van der Waals surface area contributed by atoms with Gasteiger partial charge in [0.25, 0.3) is 0 Å². The quantitative estimate of drug-likeness (QED) is 0.903. The smallest absolute Gasteiger partial charge is 0.321 e. The Balaban J connectivity index is 1.75. The van der Waals surface area contributed by atoms with Gasteiger partial charge in [0.05, 0.1) is 0 Å². The molecule has 0 aliphatic rings. The molecule has 1 heterocycles. The van der Waals surface area contributed by atoms with Crippen LogP contribution in [0.1, 0.15) is 10.6 Å². The lowest BCUT2D eigenvalue weighted by Gasteiger charge is -2.05. The summed E-state index contributed by atoms with van der Waals surface area (Å²) >= 11 is 1.30. The first-order chi connectivity index (χ1) is 9.13. The molecule has 0 fully saturated rings. The first-order valence-electron chi connectivity index (χ1n) is 5.73. The first-order valence-corrected chi connectivity index (χ1v) is 6.54. The van der Waals surface area contributed by atoms with Gasteiger partial charge < -0.3 is 5.32 Å². The number of anilines is 1. The van der Waals surface area contributed by atoms with Crippen molar-refractivity contribution in [3.8, 4) is 0 Å². The maximum atomic E-state index is 12.9. The molecule has 0 atom stereocenters. The van der Waals surface area contributed by atoms with Crippen LogP contribution in [-0.4, -0.2) is 22.8 Å². The van der Waals surface area contributed by atoms with E-state index in [1.165, 1.54) is 23.5 Å². The summed E-state index contributed by atoms with van der Waals surface area (Å²) in [6, 6.07) is 5.97. The van der Waals surface area contributed by atoms with Crippen molar-refractivity contribution in [2.45, 2.75) is 13.3 Å². The van der Waals surface area contributed by atoms with Gasteiger partial charge in [-0.25, -0.2) is 9.18 Å². The second kappa shape index (κ2) is 6.24. The van der Waals surface area contributed by atoms with Crippen molar-refractivity contribution < 1.29 is 9.18 Å². The largest absolute Gasteiger partial charge is 0.337 e. The highest BCUT2D eigenvalue weighted by molar-refractivity contribution is 7.15. The predicted molar refractivity (Wildman–Crippen MR) is 71.8 cm³/mol. The van der Waals surface area contributed by atoms with Crippen molar-refractivity contribution in [3.05, 3.63) is 40.7 Å². The lowest BCUT2D eigenvalue weighted by Crippen LogP contribution is -2.30. The zero-order valence-electron chi connectivity index (χ0n) is 10.3. The number of urea groups is 1. The Morgan fingerprint density at radius 2 is 2.26 bits per heavy atom. The molecule has 19 heavy (non-hydrogen) atoms. The molecule has 1 aromatic heterocycles. The Morgan fingerprint density at radius 3 is 2.95 bits per heavy atom. The van der Waals surface area contributed by atoms with E-state index in [1.807, 2.05) is 13.0 Å². The fraction of sp³-hybridized carbons (Fsp3) is 0.250. The number of nitrogens with zero attached hydrogens (tertiary/aromatic N) is 2. The van der Waals surface area contributed by atoms with E-state index in [1.54, 1.807) is 6.07 Å². The topological polar surface area (TPSA) is 66.9 Å². The number of hydrogen-bond acceptors (Lipinski definition) is 4. The van der Waals surface area contributed by atoms with Gasteiger partial charge in [-0.3, -0.25) is 5.32 Å². The highest BCUT2D eigenvalue weighted by atomic mass is 32.1. The molecule has 0 unspecified atom stereocenters. The third kappa shape index (κ3) is 4.29. The van der Waals surface area contributed by atoms with Crippen LogP contribution in [0, 0.1) is 12.7 Å². The van der Waals surface area contributed by atoms with Crippen LogP contribution in [0.2, 0.25) is 0 Å². The standard InChI is InChI=1S/C12H13FN4OS/c1-8-16-17-12(19-8)15-11(18)14-6-5-9-3-2-4-10(13)7-9/h2-4,7H,5-6H2,1H3,(H2,14,15,17,18). The predicted octanol–water partition coefficient (Wildman–Crippen LogP) is 2.35. The van der Waals surface area contributed by atoms with Crippen molar-refractivity contribution in [2.24, 2.45) is 0 Å². The lowest BCUT2D eigenvalue weighted by atomic mass is 10.1. The van der Waals surface area contributed by atoms with Crippen LogP contribution in [0.5, 0.6) is 0 Å². The Kier molecular flexibility index (Phi) is 4.40. The Morgan fingerprint density at radius 1 is 1.42 bits per heavy atom. The number of halogens is 1. The summed E-state index contributed by atoms with van der Waals surface area (Å²) in [5.41, 5.74) is 0.840. The molecule has 7 heteroatoms. The summed E-state index contributed by atoms with van der Waals surface area (Å²) in [4.78, 5) is 11.5. The highest BCUT2D eigenvalue weighted by Gasteiger charge is 2.05. The third-order valence-corrected chi connectivity index (χ3v) is 3.09. The van der Waals surface area contributed by atoms with Gasteiger partial charge in [0.2, 0.25) is 5.13 Å². The number of rotatable bonds is 4. The molecule has 100 valence electrons. The fourth-order valence-electron chi connectivity index (χ4n) is 1.50. The SMILES string of the molecule is Cc1nnc(NC(=O)NCCc2cccc(F)c2)s1. The van der Waals surface area contributed by atoms with E-state index in [0.29, 0.717) is 18.1 Å². The average Bonchev–Trinajstić information content (AvgIpc) is 2.75. The fourth-order valence-corrected chi connectivity index (χ4v) is 2.09. The molecule has 0 spiro atoms. The van der Waals surface area contributed by atoms with Gasteiger partial charge in [0.15, 0.2) is 0 Å².